The van der Waals surface area contributed by atoms with Crippen LogP contribution in [0.5, 0.6) is 0 Å². The van der Waals surface area contributed by atoms with Crippen LogP contribution >= 0.6 is 0 Å². The molecule has 0 spiro atoms. The monoisotopic (exact) mass is 372 g/mol. The fourth-order valence-electron chi connectivity index (χ4n) is 3.18. The van der Waals surface area contributed by atoms with E-state index in [4.69, 9.17) is 9.47 Å². The Balaban J connectivity index is 1.84. The van der Waals surface area contributed by atoms with Gasteiger partial charge in [-0.15, -0.1) is 0 Å². The van der Waals surface area contributed by atoms with Crippen LogP contribution in [0, 0.1) is 0 Å². The van der Waals surface area contributed by atoms with Crippen LogP contribution in [0.15, 0.2) is 12.2 Å². The lowest BCUT2D eigenvalue weighted by Crippen LogP contribution is -2.40. The standard InChI is InChI=1S/C21H40O5/c1-2-3-4-5-6-7-8-9-10-11-12-13-14-15-25-16-19(23)21-20(24)18(22)17-26-21/h9-10,18-24H,2-8,11-17H2,1H3/b10-9+/t18-,19+,20+,21+/m0/s1. The van der Waals surface area contributed by atoms with Crippen LogP contribution in [0.3, 0.4) is 0 Å². The third-order valence-electron chi connectivity index (χ3n) is 4.91. The van der Waals surface area contributed by atoms with Crippen molar-refractivity contribution in [2.24, 2.45) is 0 Å². The maximum Gasteiger partial charge on any atom is 0.114 e. The zero-order chi connectivity index (χ0) is 19.0. The second-order valence-electron chi connectivity index (χ2n) is 7.38. The maximum absolute atomic E-state index is 9.91. The summed E-state index contributed by atoms with van der Waals surface area (Å²) < 4.78 is 10.6. The number of rotatable bonds is 16. The Hall–Kier alpha value is -0.460. The molecule has 1 heterocycles. The molecule has 4 atom stereocenters. The Morgan fingerprint density at radius 2 is 1.58 bits per heavy atom. The molecule has 0 aromatic rings. The Morgan fingerprint density at radius 1 is 0.962 bits per heavy atom. The minimum Gasteiger partial charge on any atom is -0.388 e. The largest absolute Gasteiger partial charge is 0.388 e. The number of hydrogen-bond acceptors (Lipinski definition) is 5. The first-order valence-electron chi connectivity index (χ1n) is 10.5. The molecule has 0 aromatic carbocycles. The van der Waals surface area contributed by atoms with Gasteiger partial charge >= 0.3 is 0 Å². The highest BCUT2D eigenvalue weighted by Gasteiger charge is 2.39. The Kier molecular flexibility index (Phi) is 14.1. The number of aliphatic hydroxyl groups excluding tert-OH is 3. The molecule has 0 bridgehead atoms. The van der Waals surface area contributed by atoms with Crippen LogP contribution in [-0.2, 0) is 9.47 Å². The summed E-state index contributed by atoms with van der Waals surface area (Å²) in [5, 5.41) is 29.0. The molecule has 154 valence electrons. The van der Waals surface area contributed by atoms with E-state index in [-0.39, 0.29) is 13.2 Å². The topological polar surface area (TPSA) is 79.2 Å². The van der Waals surface area contributed by atoms with Gasteiger partial charge < -0.3 is 24.8 Å². The second-order valence-corrected chi connectivity index (χ2v) is 7.38. The lowest BCUT2D eigenvalue weighted by atomic mass is 10.1. The van der Waals surface area contributed by atoms with Crippen molar-refractivity contribution in [3.8, 4) is 0 Å². The van der Waals surface area contributed by atoms with E-state index in [0.717, 1.165) is 25.7 Å². The summed E-state index contributed by atoms with van der Waals surface area (Å²) in [5.74, 6) is 0. The van der Waals surface area contributed by atoms with Crippen LogP contribution in [0.1, 0.15) is 77.6 Å². The summed E-state index contributed by atoms with van der Waals surface area (Å²) in [5.41, 5.74) is 0. The van der Waals surface area contributed by atoms with Crippen LogP contribution in [0.25, 0.3) is 0 Å². The molecule has 1 saturated heterocycles. The fraction of sp³-hybridized carbons (Fsp3) is 0.905. The fourth-order valence-corrected chi connectivity index (χ4v) is 3.18. The third-order valence-corrected chi connectivity index (χ3v) is 4.91. The molecular formula is C21H40O5. The average Bonchev–Trinajstić information content (AvgIpc) is 2.97. The maximum atomic E-state index is 9.91. The zero-order valence-electron chi connectivity index (χ0n) is 16.5. The molecule has 0 amide bonds. The first-order chi connectivity index (χ1) is 12.7. The highest BCUT2D eigenvalue weighted by atomic mass is 16.5. The summed E-state index contributed by atoms with van der Waals surface area (Å²) in [6.07, 6.45) is 14.7. The van der Waals surface area contributed by atoms with E-state index in [0.29, 0.717) is 6.61 Å². The van der Waals surface area contributed by atoms with E-state index < -0.39 is 24.4 Å². The smallest absolute Gasteiger partial charge is 0.114 e. The molecule has 0 aliphatic carbocycles. The Morgan fingerprint density at radius 3 is 2.19 bits per heavy atom. The first-order valence-corrected chi connectivity index (χ1v) is 10.5. The van der Waals surface area contributed by atoms with Gasteiger partial charge in [0.2, 0.25) is 0 Å². The van der Waals surface area contributed by atoms with Crippen LogP contribution < -0.4 is 0 Å². The van der Waals surface area contributed by atoms with Gasteiger partial charge in [0, 0.05) is 6.61 Å². The van der Waals surface area contributed by atoms with E-state index in [9.17, 15) is 15.3 Å². The van der Waals surface area contributed by atoms with Crippen molar-refractivity contribution in [1.82, 2.24) is 0 Å². The molecule has 1 aliphatic rings. The summed E-state index contributed by atoms with van der Waals surface area (Å²) in [6.45, 7) is 3.05. The van der Waals surface area contributed by atoms with Crippen molar-refractivity contribution in [2.75, 3.05) is 19.8 Å². The highest BCUT2D eigenvalue weighted by Crippen LogP contribution is 2.18. The van der Waals surface area contributed by atoms with Gasteiger partial charge in [-0.25, -0.2) is 0 Å². The summed E-state index contributed by atoms with van der Waals surface area (Å²) >= 11 is 0. The van der Waals surface area contributed by atoms with Gasteiger partial charge in [-0.3, -0.25) is 0 Å². The van der Waals surface area contributed by atoms with Gasteiger partial charge in [-0.2, -0.15) is 0 Å². The zero-order valence-corrected chi connectivity index (χ0v) is 16.5. The molecule has 26 heavy (non-hydrogen) atoms. The van der Waals surface area contributed by atoms with Crippen LogP contribution in [0.4, 0.5) is 0 Å². The van der Waals surface area contributed by atoms with E-state index in [2.05, 4.69) is 19.1 Å². The van der Waals surface area contributed by atoms with Gasteiger partial charge in [0.1, 0.15) is 24.4 Å². The number of aliphatic hydroxyl groups is 3. The summed E-state index contributed by atoms with van der Waals surface area (Å²) in [6, 6.07) is 0. The Labute approximate surface area is 159 Å². The summed E-state index contributed by atoms with van der Waals surface area (Å²) in [4.78, 5) is 0. The predicted octanol–water partition coefficient (Wildman–Crippen LogP) is 3.35. The van der Waals surface area contributed by atoms with Crippen molar-refractivity contribution >= 4 is 0 Å². The molecular weight excluding hydrogens is 332 g/mol. The molecule has 0 unspecified atom stereocenters. The lowest BCUT2D eigenvalue weighted by molar-refractivity contribution is -0.0813. The van der Waals surface area contributed by atoms with Crippen molar-refractivity contribution in [3.63, 3.8) is 0 Å². The first kappa shape index (κ1) is 23.6. The summed E-state index contributed by atoms with van der Waals surface area (Å²) in [7, 11) is 0. The normalized spacial score (nSPS) is 24.5. The second kappa shape index (κ2) is 15.6. The van der Waals surface area contributed by atoms with Gasteiger partial charge in [-0.1, -0.05) is 57.6 Å². The van der Waals surface area contributed by atoms with Crippen molar-refractivity contribution < 1.29 is 24.8 Å². The van der Waals surface area contributed by atoms with E-state index >= 15 is 0 Å². The highest BCUT2D eigenvalue weighted by molar-refractivity contribution is 4.87. The lowest BCUT2D eigenvalue weighted by Gasteiger charge is -2.20. The number of hydrogen-bond donors (Lipinski definition) is 3. The van der Waals surface area contributed by atoms with Gasteiger partial charge in [0.15, 0.2) is 0 Å². The molecule has 5 nitrogen and oxygen atoms in total. The van der Waals surface area contributed by atoms with E-state index in [1.54, 1.807) is 0 Å². The minimum atomic E-state index is -1.03. The predicted molar refractivity (Wildman–Crippen MR) is 104 cm³/mol. The van der Waals surface area contributed by atoms with E-state index in [1.807, 2.05) is 0 Å². The SMILES string of the molecule is CCCCCCCC/C=C/CCCCCOC[C@@H](O)[C@H]1OC[C@H](O)[C@H]1O. The molecule has 0 radical (unpaired) electrons. The van der Waals surface area contributed by atoms with Gasteiger partial charge in [0.05, 0.1) is 13.2 Å². The van der Waals surface area contributed by atoms with Crippen molar-refractivity contribution in [2.45, 2.75) is 102 Å². The van der Waals surface area contributed by atoms with Crippen molar-refractivity contribution in [1.29, 1.82) is 0 Å². The number of unbranched alkanes of at least 4 members (excludes halogenated alkanes) is 9. The molecule has 0 aromatic heterocycles. The van der Waals surface area contributed by atoms with Gasteiger partial charge in [0.25, 0.3) is 0 Å². The molecule has 0 saturated carbocycles. The van der Waals surface area contributed by atoms with Crippen LogP contribution in [-0.4, -0.2) is 59.6 Å². The molecule has 1 aliphatic heterocycles. The van der Waals surface area contributed by atoms with Gasteiger partial charge in [-0.05, 0) is 32.1 Å². The van der Waals surface area contributed by atoms with Crippen molar-refractivity contribution in [3.05, 3.63) is 12.2 Å². The van der Waals surface area contributed by atoms with E-state index in [1.165, 1.54) is 44.9 Å². The Bertz CT molecular complexity index is 347. The minimum absolute atomic E-state index is 0.0648. The molecule has 5 heteroatoms. The molecule has 3 N–H and O–H groups in total. The molecule has 1 fully saturated rings. The number of allylic oxidation sites excluding steroid dienone is 2. The quantitative estimate of drug-likeness (QED) is 0.286. The average molecular weight is 373 g/mol. The third kappa shape index (κ3) is 10.6. The molecule has 1 rings (SSSR count). The van der Waals surface area contributed by atoms with Crippen LogP contribution in [0.2, 0.25) is 0 Å². The number of ether oxygens (including phenoxy) is 2.